The molecule has 0 bridgehead atoms. The van der Waals surface area contributed by atoms with E-state index in [4.69, 9.17) is 4.42 Å². The molecule has 0 aliphatic heterocycles. The molecular formula is C12H19NO2. The number of hydrogen-bond acceptors (Lipinski definition) is 3. The van der Waals surface area contributed by atoms with Gasteiger partial charge in [0.15, 0.2) is 0 Å². The van der Waals surface area contributed by atoms with E-state index in [9.17, 15) is 4.79 Å². The zero-order chi connectivity index (χ0) is 11.3. The van der Waals surface area contributed by atoms with E-state index in [0.717, 1.165) is 24.3 Å². The third-order valence-corrected chi connectivity index (χ3v) is 2.38. The van der Waals surface area contributed by atoms with Crippen LogP contribution in [0.25, 0.3) is 0 Å². The SMILES string of the molecule is CCCC(=O)CN(C)Cc1ccoc1C. The third-order valence-electron chi connectivity index (χ3n) is 2.38. The molecule has 1 heterocycles. The van der Waals surface area contributed by atoms with E-state index in [0.29, 0.717) is 18.7 Å². The Bertz CT molecular complexity index is 317. The lowest BCUT2D eigenvalue weighted by Gasteiger charge is -2.14. The first-order valence-electron chi connectivity index (χ1n) is 5.36. The van der Waals surface area contributed by atoms with Crippen molar-refractivity contribution in [2.45, 2.75) is 33.2 Å². The van der Waals surface area contributed by atoms with Gasteiger partial charge in [0.1, 0.15) is 11.5 Å². The van der Waals surface area contributed by atoms with Crippen LogP contribution in [0.1, 0.15) is 31.1 Å². The molecule has 1 rings (SSSR count). The Hall–Kier alpha value is -1.09. The number of rotatable bonds is 6. The van der Waals surface area contributed by atoms with Crippen molar-refractivity contribution >= 4 is 5.78 Å². The topological polar surface area (TPSA) is 33.5 Å². The van der Waals surface area contributed by atoms with Crippen LogP contribution in [0.5, 0.6) is 0 Å². The molecule has 0 saturated heterocycles. The number of Topliss-reactive ketones (excluding diaryl/α,β-unsaturated/α-hetero) is 1. The molecule has 0 fully saturated rings. The number of aryl methyl sites for hydroxylation is 1. The quantitative estimate of drug-likeness (QED) is 0.721. The standard InChI is InChI=1S/C12H19NO2/c1-4-5-12(14)9-13(3)8-11-6-7-15-10(11)2/h6-7H,4-5,8-9H2,1-3H3. The zero-order valence-electron chi connectivity index (χ0n) is 9.75. The molecule has 3 nitrogen and oxygen atoms in total. The van der Waals surface area contributed by atoms with Gasteiger partial charge in [0.05, 0.1) is 12.8 Å². The Kier molecular flexibility index (Phi) is 4.56. The summed E-state index contributed by atoms with van der Waals surface area (Å²) in [6.45, 7) is 5.27. The highest BCUT2D eigenvalue weighted by Gasteiger charge is 2.08. The van der Waals surface area contributed by atoms with E-state index in [-0.39, 0.29) is 0 Å². The van der Waals surface area contributed by atoms with Crippen LogP contribution in [0.15, 0.2) is 16.7 Å². The van der Waals surface area contributed by atoms with E-state index in [1.165, 1.54) is 0 Å². The molecule has 0 saturated carbocycles. The fourth-order valence-electron chi connectivity index (χ4n) is 1.58. The molecule has 84 valence electrons. The van der Waals surface area contributed by atoms with E-state index >= 15 is 0 Å². The third kappa shape index (κ3) is 3.88. The van der Waals surface area contributed by atoms with Crippen molar-refractivity contribution in [2.24, 2.45) is 0 Å². The predicted molar refractivity (Wildman–Crippen MR) is 59.7 cm³/mol. The maximum absolute atomic E-state index is 11.4. The van der Waals surface area contributed by atoms with Crippen LogP contribution in [0.2, 0.25) is 0 Å². The minimum atomic E-state index is 0.307. The molecule has 0 atom stereocenters. The molecule has 15 heavy (non-hydrogen) atoms. The number of nitrogens with zero attached hydrogens (tertiary/aromatic N) is 1. The molecule has 1 aromatic rings. The molecule has 0 aromatic carbocycles. The Morgan fingerprint density at radius 2 is 2.27 bits per heavy atom. The maximum Gasteiger partial charge on any atom is 0.146 e. The summed E-state index contributed by atoms with van der Waals surface area (Å²) in [5, 5.41) is 0. The largest absolute Gasteiger partial charge is 0.469 e. The monoisotopic (exact) mass is 209 g/mol. The van der Waals surface area contributed by atoms with E-state index in [1.807, 2.05) is 31.9 Å². The summed E-state index contributed by atoms with van der Waals surface area (Å²) in [4.78, 5) is 13.4. The Morgan fingerprint density at radius 3 is 2.80 bits per heavy atom. The van der Waals surface area contributed by atoms with Gasteiger partial charge in [-0.2, -0.15) is 0 Å². The lowest BCUT2D eigenvalue weighted by Crippen LogP contribution is -2.25. The smallest absolute Gasteiger partial charge is 0.146 e. The second kappa shape index (κ2) is 5.71. The molecule has 0 N–H and O–H groups in total. The summed E-state index contributed by atoms with van der Waals surface area (Å²) >= 11 is 0. The van der Waals surface area contributed by atoms with E-state index in [1.54, 1.807) is 6.26 Å². The van der Waals surface area contributed by atoms with Gasteiger partial charge in [-0.3, -0.25) is 9.69 Å². The number of carbonyl (C=O) groups is 1. The minimum Gasteiger partial charge on any atom is -0.469 e. The minimum absolute atomic E-state index is 0.307. The number of furan rings is 1. The summed E-state index contributed by atoms with van der Waals surface area (Å²) in [5.74, 6) is 1.24. The number of hydrogen-bond donors (Lipinski definition) is 0. The number of likely N-dealkylation sites (N-methyl/N-ethyl adjacent to an activating group) is 1. The fraction of sp³-hybridized carbons (Fsp3) is 0.583. The predicted octanol–water partition coefficient (Wildman–Crippen LogP) is 2.39. The molecule has 0 radical (unpaired) electrons. The molecular weight excluding hydrogens is 190 g/mol. The van der Waals surface area contributed by atoms with Crippen molar-refractivity contribution in [3.05, 3.63) is 23.7 Å². The Morgan fingerprint density at radius 1 is 1.53 bits per heavy atom. The van der Waals surface area contributed by atoms with Crippen molar-refractivity contribution < 1.29 is 9.21 Å². The first kappa shape index (κ1) is 12.0. The van der Waals surface area contributed by atoms with Crippen LogP contribution < -0.4 is 0 Å². The van der Waals surface area contributed by atoms with Crippen LogP contribution in [0, 0.1) is 6.92 Å². The van der Waals surface area contributed by atoms with Crippen LogP contribution in [0.4, 0.5) is 0 Å². The van der Waals surface area contributed by atoms with Crippen molar-refractivity contribution in [2.75, 3.05) is 13.6 Å². The van der Waals surface area contributed by atoms with E-state index in [2.05, 4.69) is 0 Å². The van der Waals surface area contributed by atoms with Gasteiger partial charge in [-0.25, -0.2) is 0 Å². The maximum atomic E-state index is 11.4. The molecule has 0 aliphatic carbocycles. The van der Waals surface area contributed by atoms with Gasteiger partial charge < -0.3 is 4.42 Å². The molecule has 1 aromatic heterocycles. The van der Waals surface area contributed by atoms with Gasteiger partial charge in [0.2, 0.25) is 0 Å². The van der Waals surface area contributed by atoms with Gasteiger partial charge >= 0.3 is 0 Å². The molecule has 3 heteroatoms. The summed E-state index contributed by atoms with van der Waals surface area (Å²) in [5.41, 5.74) is 1.15. The van der Waals surface area contributed by atoms with Crippen molar-refractivity contribution in [3.63, 3.8) is 0 Å². The highest BCUT2D eigenvalue weighted by Crippen LogP contribution is 2.10. The molecule has 0 unspecified atom stereocenters. The number of carbonyl (C=O) groups excluding carboxylic acids is 1. The Balaban J connectivity index is 2.39. The average Bonchev–Trinajstić information content (AvgIpc) is 2.52. The first-order valence-corrected chi connectivity index (χ1v) is 5.36. The second-order valence-electron chi connectivity index (χ2n) is 3.96. The van der Waals surface area contributed by atoms with Crippen LogP contribution in [-0.4, -0.2) is 24.3 Å². The number of ketones is 1. The van der Waals surface area contributed by atoms with Crippen LogP contribution in [0.3, 0.4) is 0 Å². The molecule has 0 amide bonds. The van der Waals surface area contributed by atoms with Gasteiger partial charge in [-0.05, 0) is 26.5 Å². The first-order chi connectivity index (χ1) is 7.13. The van der Waals surface area contributed by atoms with Crippen molar-refractivity contribution in [1.82, 2.24) is 4.90 Å². The zero-order valence-corrected chi connectivity index (χ0v) is 9.75. The highest BCUT2D eigenvalue weighted by molar-refractivity contribution is 5.80. The summed E-state index contributed by atoms with van der Waals surface area (Å²) in [7, 11) is 1.96. The van der Waals surface area contributed by atoms with Crippen molar-refractivity contribution in [1.29, 1.82) is 0 Å². The van der Waals surface area contributed by atoms with Crippen LogP contribution >= 0.6 is 0 Å². The van der Waals surface area contributed by atoms with Gasteiger partial charge in [0.25, 0.3) is 0 Å². The summed E-state index contributed by atoms with van der Waals surface area (Å²) < 4.78 is 5.21. The Labute approximate surface area is 91.1 Å². The lowest BCUT2D eigenvalue weighted by atomic mass is 10.2. The summed E-state index contributed by atoms with van der Waals surface area (Å²) in [6.07, 6.45) is 3.29. The van der Waals surface area contributed by atoms with Gasteiger partial charge in [-0.1, -0.05) is 6.92 Å². The highest BCUT2D eigenvalue weighted by atomic mass is 16.3. The average molecular weight is 209 g/mol. The van der Waals surface area contributed by atoms with E-state index < -0.39 is 0 Å². The van der Waals surface area contributed by atoms with Gasteiger partial charge in [-0.15, -0.1) is 0 Å². The lowest BCUT2D eigenvalue weighted by molar-refractivity contribution is -0.120. The summed E-state index contributed by atoms with van der Waals surface area (Å²) in [6, 6.07) is 1.95. The molecule has 0 spiro atoms. The van der Waals surface area contributed by atoms with Crippen molar-refractivity contribution in [3.8, 4) is 0 Å². The molecule has 0 aliphatic rings. The van der Waals surface area contributed by atoms with Crippen LogP contribution in [-0.2, 0) is 11.3 Å². The fourth-order valence-corrected chi connectivity index (χ4v) is 1.58. The normalized spacial score (nSPS) is 10.9. The second-order valence-corrected chi connectivity index (χ2v) is 3.96. The van der Waals surface area contributed by atoms with Gasteiger partial charge in [0, 0.05) is 18.5 Å².